The highest BCUT2D eigenvalue weighted by atomic mass is 35.5. The SMILES string of the molecule is COCc1cccn1Cc1ccc(Cl)cc1. The molecule has 0 unspecified atom stereocenters. The molecule has 1 aromatic heterocycles. The van der Waals surface area contributed by atoms with Crippen LogP contribution in [0.25, 0.3) is 0 Å². The fourth-order valence-electron chi connectivity index (χ4n) is 1.67. The smallest absolute Gasteiger partial charge is 0.0864 e. The largest absolute Gasteiger partial charge is 0.378 e. The van der Waals surface area contributed by atoms with Gasteiger partial charge in [-0.05, 0) is 29.8 Å². The lowest BCUT2D eigenvalue weighted by atomic mass is 10.2. The van der Waals surface area contributed by atoms with E-state index in [0.29, 0.717) is 6.61 Å². The van der Waals surface area contributed by atoms with Crippen molar-refractivity contribution in [3.63, 3.8) is 0 Å². The molecular formula is C13H14ClNO. The minimum Gasteiger partial charge on any atom is -0.378 e. The summed E-state index contributed by atoms with van der Waals surface area (Å²) in [7, 11) is 1.71. The standard InChI is InChI=1S/C13H14ClNO/c1-16-10-13-3-2-8-15(13)9-11-4-6-12(14)7-5-11/h2-8H,9-10H2,1H3. The molecule has 0 fully saturated rings. The first kappa shape index (κ1) is 11.2. The Morgan fingerprint density at radius 1 is 1.19 bits per heavy atom. The molecule has 0 amide bonds. The summed E-state index contributed by atoms with van der Waals surface area (Å²) in [4.78, 5) is 0. The summed E-state index contributed by atoms with van der Waals surface area (Å²) in [6, 6.07) is 12.0. The van der Waals surface area contributed by atoms with Crippen molar-refractivity contribution in [2.75, 3.05) is 7.11 Å². The van der Waals surface area contributed by atoms with Gasteiger partial charge in [-0.2, -0.15) is 0 Å². The molecule has 16 heavy (non-hydrogen) atoms. The maximum absolute atomic E-state index is 5.85. The molecule has 2 aromatic rings. The van der Waals surface area contributed by atoms with Crippen LogP contribution in [0.3, 0.4) is 0 Å². The Kier molecular flexibility index (Phi) is 3.65. The summed E-state index contributed by atoms with van der Waals surface area (Å²) in [5.74, 6) is 0. The van der Waals surface area contributed by atoms with Crippen LogP contribution < -0.4 is 0 Å². The lowest BCUT2D eigenvalue weighted by Crippen LogP contribution is -2.03. The summed E-state index contributed by atoms with van der Waals surface area (Å²) < 4.78 is 7.32. The minimum absolute atomic E-state index is 0.639. The molecule has 0 radical (unpaired) electrons. The molecule has 0 N–H and O–H groups in total. The molecule has 0 aliphatic heterocycles. The molecule has 1 aromatic carbocycles. The predicted octanol–water partition coefficient (Wildman–Crippen LogP) is 3.34. The van der Waals surface area contributed by atoms with Gasteiger partial charge in [0.15, 0.2) is 0 Å². The zero-order valence-corrected chi connectivity index (χ0v) is 9.95. The van der Waals surface area contributed by atoms with E-state index in [1.54, 1.807) is 7.11 Å². The third-order valence-corrected chi connectivity index (χ3v) is 2.73. The first-order valence-corrected chi connectivity index (χ1v) is 5.55. The van der Waals surface area contributed by atoms with Crippen LogP contribution in [0.5, 0.6) is 0 Å². The van der Waals surface area contributed by atoms with Gasteiger partial charge in [-0.15, -0.1) is 0 Å². The molecule has 0 bridgehead atoms. The summed E-state index contributed by atoms with van der Waals surface area (Å²) in [5.41, 5.74) is 2.41. The third kappa shape index (κ3) is 2.65. The number of rotatable bonds is 4. The predicted molar refractivity (Wildman–Crippen MR) is 65.7 cm³/mol. The Labute approximate surface area is 100 Å². The number of halogens is 1. The summed E-state index contributed by atoms with van der Waals surface area (Å²) in [6.45, 7) is 1.49. The highest BCUT2D eigenvalue weighted by molar-refractivity contribution is 6.30. The number of nitrogens with zero attached hydrogens (tertiary/aromatic N) is 1. The zero-order chi connectivity index (χ0) is 11.4. The maximum Gasteiger partial charge on any atom is 0.0864 e. The van der Waals surface area contributed by atoms with Gasteiger partial charge >= 0.3 is 0 Å². The number of benzene rings is 1. The monoisotopic (exact) mass is 235 g/mol. The molecule has 0 saturated carbocycles. The first-order chi connectivity index (χ1) is 7.79. The van der Waals surface area contributed by atoms with Gasteiger partial charge < -0.3 is 9.30 Å². The quantitative estimate of drug-likeness (QED) is 0.793. The molecule has 84 valence electrons. The number of methoxy groups -OCH3 is 1. The zero-order valence-electron chi connectivity index (χ0n) is 9.19. The molecule has 0 saturated heterocycles. The van der Waals surface area contributed by atoms with Gasteiger partial charge in [0.05, 0.1) is 6.61 Å². The molecule has 0 atom stereocenters. The first-order valence-electron chi connectivity index (χ1n) is 5.17. The van der Waals surface area contributed by atoms with E-state index >= 15 is 0 Å². The number of hydrogen-bond donors (Lipinski definition) is 0. The van der Waals surface area contributed by atoms with Gasteiger partial charge in [-0.3, -0.25) is 0 Å². The fraction of sp³-hybridized carbons (Fsp3) is 0.231. The van der Waals surface area contributed by atoms with Crippen LogP contribution in [-0.4, -0.2) is 11.7 Å². The number of hydrogen-bond acceptors (Lipinski definition) is 1. The third-order valence-electron chi connectivity index (χ3n) is 2.48. The summed E-state index contributed by atoms with van der Waals surface area (Å²) in [5, 5.41) is 0.772. The summed E-state index contributed by atoms with van der Waals surface area (Å²) >= 11 is 5.85. The van der Waals surface area contributed by atoms with E-state index in [2.05, 4.69) is 16.8 Å². The minimum atomic E-state index is 0.639. The average molecular weight is 236 g/mol. The van der Waals surface area contributed by atoms with Crippen LogP contribution in [0.4, 0.5) is 0 Å². The van der Waals surface area contributed by atoms with Crippen molar-refractivity contribution in [2.45, 2.75) is 13.2 Å². The van der Waals surface area contributed by atoms with Crippen LogP contribution in [0.1, 0.15) is 11.3 Å². The van der Waals surface area contributed by atoms with Gasteiger partial charge in [0.25, 0.3) is 0 Å². The van der Waals surface area contributed by atoms with Crippen molar-refractivity contribution < 1.29 is 4.74 Å². The Hall–Kier alpha value is -1.25. The maximum atomic E-state index is 5.85. The van der Waals surface area contributed by atoms with E-state index in [-0.39, 0.29) is 0 Å². The second-order valence-corrected chi connectivity index (χ2v) is 4.12. The number of aromatic nitrogens is 1. The van der Waals surface area contributed by atoms with Crippen molar-refractivity contribution in [1.29, 1.82) is 0 Å². The second kappa shape index (κ2) is 5.19. The Bertz CT molecular complexity index is 447. The molecule has 0 aliphatic rings. The molecule has 0 spiro atoms. The van der Waals surface area contributed by atoms with Gasteiger partial charge in [-0.1, -0.05) is 23.7 Å². The van der Waals surface area contributed by atoms with Crippen molar-refractivity contribution in [3.8, 4) is 0 Å². The second-order valence-electron chi connectivity index (χ2n) is 3.69. The summed E-state index contributed by atoms with van der Waals surface area (Å²) in [6.07, 6.45) is 2.06. The lowest BCUT2D eigenvalue weighted by molar-refractivity contribution is 0.178. The number of ether oxygens (including phenoxy) is 1. The molecule has 0 aliphatic carbocycles. The van der Waals surface area contributed by atoms with E-state index in [4.69, 9.17) is 16.3 Å². The molecular weight excluding hydrogens is 222 g/mol. The van der Waals surface area contributed by atoms with Crippen LogP contribution in [0, 0.1) is 0 Å². The van der Waals surface area contributed by atoms with E-state index < -0.39 is 0 Å². The van der Waals surface area contributed by atoms with Crippen LogP contribution in [0.2, 0.25) is 5.02 Å². The van der Waals surface area contributed by atoms with Gasteiger partial charge in [0.1, 0.15) is 0 Å². The normalized spacial score (nSPS) is 10.6. The molecule has 1 heterocycles. The van der Waals surface area contributed by atoms with Gasteiger partial charge in [0, 0.05) is 30.6 Å². The Morgan fingerprint density at radius 2 is 1.94 bits per heavy atom. The van der Waals surface area contributed by atoms with E-state index in [9.17, 15) is 0 Å². The Balaban J connectivity index is 2.13. The van der Waals surface area contributed by atoms with Crippen LogP contribution in [-0.2, 0) is 17.9 Å². The lowest BCUT2D eigenvalue weighted by Gasteiger charge is -2.08. The van der Waals surface area contributed by atoms with Gasteiger partial charge in [0.2, 0.25) is 0 Å². The highest BCUT2D eigenvalue weighted by Gasteiger charge is 2.01. The highest BCUT2D eigenvalue weighted by Crippen LogP contribution is 2.12. The topological polar surface area (TPSA) is 14.2 Å². The molecule has 2 rings (SSSR count). The van der Waals surface area contributed by atoms with Crippen molar-refractivity contribution in [1.82, 2.24) is 4.57 Å². The van der Waals surface area contributed by atoms with E-state index in [1.165, 1.54) is 11.3 Å². The van der Waals surface area contributed by atoms with E-state index in [0.717, 1.165) is 11.6 Å². The Morgan fingerprint density at radius 3 is 2.62 bits per heavy atom. The van der Waals surface area contributed by atoms with Crippen molar-refractivity contribution >= 4 is 11.6 Å². The van der Waals surface area contributed by atoms with E-state index in [1.807, 2.05) is 30.3 Å². The van der Waals surface area contributed by atoms with Crippen molar-refractivity contribution in [3.05, 3.63) is 58.9 Å². The fourth-order valence-corrected chi connectivity index (χ4v) is 1.80. The average Bonchev–Trinajstić information content (AvgIpc) is 2.70. The molecule has 2 nitrogen and oxygen atoms in total. The van der Waals surface area contributed by atoms with Crippen LogP contribution in [0.15, 0.2) is 42.6 Å². The van der Waals surface area contributed by atoms with Crippen molar-refractivity contribution in [2.24, 2.45) is 0 Å². The van der Waals surface area contributed by atoms with Crippen LogP contribution >= 0.6 is 11.6 Å². The molecule has 3 heteroatoms. The van der Waals surface area contributed by atoms with Gasteiger partial charge in [-0.25, -0.2) is 0 Å².